The van der Waals surface area contributed by atoms with Crippen LogP contribution in [0.5, 0.6) is 5.75 Å². The number of anilines is 2. The molecule has 0 spiro atoms. The van der Waals surface area contributed by atoms with Crippen molar-refractivity contribution in [3.05, 3.63) is 90.0 Å². The molecule has 7 nitrogen and oxygen atoms in total. The van der Waals surface area contributed by atoms with Crippen molar-refractivity contribution in [1.82, 2.24) is 4.98 Å². The molecule has 0 aliphatic carbocycles. The van der Waals surface area contributed by atoms with E-state index >= 15 is 0 Å². The number of ether oxygens (including phenoxy) is 1. The van der Waals surface area contributed by atoms with Gasteiger partial charge in [0.25, 0.3) is 15.9 Å². The number of carbonyl (C=O) groups is 1. The molecule has 8 heteroatoms. The normalized spacial score (nSPS) is 11.2. The number of nitrogens with zero attached hydrogens (tertiary/aromatic N) is 2. The van der Waals surface area contributed by atoms with E-state index in [0.717, 1.165) is 15.2 Å². The highest BCUT2D eigenvalue weighted by Crippen LogP contribution is 2.31. The fourth-order valence-corrected chi connectivity index (χ4v) is 4.74. The Hall–Kier alpha value is -3.91. The SMILES string of the molecule is COc1ccccc1N(C)S(=O)(=O)c1ccc(C)c(C(=O)Nc2ccc3ccccc3n2)c1. The van der Waals surface area contributed by atoms with E-state index in [1.165, 1.54) is 26.3 Å². The highest BCUT2D eigenvalue weighted by molar-refractivity contribution is 7.92. The van der Waals surface area contributed by atoms with Gasteiger partial charge in [-0.25, -0.2) is 13.4 Å². The smallest absolute Gasteiger partial charge is 0.264 e. The third-order valence-corrected chi connectivity index (χ3v) is 7.14. The summed E-state index contributed by atoms with van der Waals surface area (Å²) >= 11 is 0. The summed E-state index contributed by atoms with van der Waals surface area (Å²) in [7, 11) is -1.01. The van der Waals surface area contributed by atoms with E-state index in [1.54, 1.807) is 43.3 Å². The number of aryl methyl sites for hydroxylation is 1. The monoisotopic (exact) mass is 461 g/mol. The molecule has 0 unspecified atom stereocenters. The summed E-state index contributed by atoms with van der Waals surface area (Å²) < 4.78 is 33.1. The Morgan fingerprint density at radius 2 is 1.70 bits per heavy atom. The van der Waals surface area contributed by atoms with E-state index in [4.69, 9.17) is 4.74 Å². The predicted octanol–water partition coefficient (Wildman–Crippen LogP) is 4.63. The Balaban J connectivity index is 1.65. The number of amides is 1. The van der Waals surface area contributed by atoms with E-state index in [1.807, 2.05) is 30.3 Å². The summed E-state index contributed by atoms with van der Waals surface area (Å²) in [5.74, 6) is 0.376. The van der Waals surface area contributed by atoms with Crippen LogP contribution in [-0.4, -0.2) is 33.5 Å². The number of rotatable bonds is 6. The van der Waals surface area contributed by atoms with Gasteiger partial charge in [0.05, 0.1) is 23.2 Å². The average molecular weight is 462 g/mol. The number of methoxy groups -OCH3 is 1. The maximum Gasteiger partial charge on any atom is 0.264 e. The molecule has 0 radical (unpaired) electrons. The van der Waals surface area contributed by atoms with Crippen LogP contribution in [0.2, 0.25) is 0 Å². The van der Waals surface area contributed by atoms with Crippen molar-refractivity contribution in [3.8, 4) is 5.75 Å². The van der Waals surface area contributed by atoms with Crippen LogP contribution < -0.4 is 14.4 Å². The van der Waals surface area contributed by atoms with Gasteiger partial charge in [-0.3, -0.25) is 9.10 Å². The van der Waals surface area contributed by atoms with Crippen LogP contribution in [0.1, 0.15) is 15.9 Å². The van der Waals surface area contributed by atoms with Crippen LogP contribution in [0.15, 0.2) is 83.8 Å². The molecule has 0 aliphatic heterocycles. The van der Waals surface area contributed by atoms with Crippen molar-refractivity contribution < 1.29 is 17.9 Å². The lowest BCUT2D eigenvalue weighted by Crippen LogP contribution is -2.27. The Morgan fingerprint density at radius 3 is 2.48 bits per heavy atom. The lowest BCUT2D eigenvalue weighted by atomic mass is 10.1. The van der Waals surface area contributed by atoms with Crippen LogP contribution in [-0.2, 0) is 10.0 Å². The fourth-order valence-electron chi connectivity index (χ4n) is 3.50. The van der Waals surface area contributed by atoms with E-state index in [2.05, 4.69) is 10.3 Å². The second kappa shape index (κ2) is 8.91. The molecule has 3 aromatic carbocycles. The molecule has 0 saturated heterocycles. The van der Waals surface area contributed by atoms with Crippen LogP contribution in [0.25, 0.3) is 10.9 Å². The minimum atomic E-state index is -3.94. The maximum atomic E-state index is 13.3. The molecule has 0 fully saturated rings. The van der Waals surface area contributed by atoms with Gasteiger partial charge >= 0.3 is 0 Å². The summed E-state index contributed by atoms with van der Waals surface area (Å²) in [4.78, 5) is 17.5. The number of pyridine rings is 1. The number of hydrogen-bond acceptors (Lipinski definition) is 5. The zero-order valence-electron chi connectivity index (χ0n) is 18.4. The number of sulfonamides is 1. The quantitative estimate of drug-likeness (QED) is 0.452. The molecule has 1 aromatic heterocycles. The van der Waals surface area contributed by atoms with Gasteiger partial charge in [0.15, 0.2) is 0 Å². The summed E-state index contributed by atoms with van der Waals surface area (Å²) in [6, 6.07) is 22.5. The predicted molar refractivity (Wildman–Crippen MR) is 129 cm³/mol. The van der Waals surface area contributed by atoms with E-state index < -0.39 is 15.9 Å². The molecular formula is C25H23N3O4S. The lowest BCUT2D eigenvalue weighted by molar-refractivity contribution is 0.102. The zero-order chi connectivity index (χ0) is 23.6. The first-order valence-corrected chi connectivity index (χ1v) is 11.6. The Kier molecular flexibility index (Phi) is 6.02. The van der Waals surface area contributed by atoms with E-state index in [0.29, 0.717) is 22.8 Å². The second-order valence-electron chi connectivity index (χ2n) is 7.46. The topological polar surface area (TPSA) is 88.6 Å². The van der Waals surface area contributed by atoms with Crippen molar-refractivity contribution in [1.29, 1.82) is 0 Å². The average Bonchev–Trinajstić information content (AvgIpc) is 2.83. The second-order valence-corrected chi connectivity index (χ2v) is 9.43. The lowest BCUT2D eigenvalue weighted by Gasteiger charge is -2.22. The van der Waals surface area contributed by atoms with Gasteiger partial charge in [0.1, 0.15) is 11.6 Å². The van der Waals surface area contributed by atoms with Gasteiger partial charge in [0, 0.05) is 18.0 Å². The van der Waals surface area contributed by atoms with Gasteiger partial charge < -0.3 is 10.1 Å². The van der Waals surface area contributed by atoms with Crippen molar-refractivity contribution in [2.24, 2.45) is 0 Å². The zero-order valence-corrected chi connectivity index (χ0v) is 19.3. The van der Waals surface area contributed by atoms with Gasteiger partial charge in [0.2, 0.25) is 0 Å². The van der Waals surface area contributed by atoms with Crippen LogP contribution >= 0.6 is 0 Å². The third-order valence-electron chi connectivity index (χ3n) is 5.38. The van der Waals surface area contributed by atoms with Crippen molar-refractivity contribution in [3.63, 3.8) is 0 Å². The Bertz CT molecular complexity index is 1450. The summed E-state index contributed by atoms with van der Waals surface area (Å²) in [5.41, 5.74) is 2.04. The Labute approximate surface area is 192 Å². The molecular weight excluding hydrogens is 438 g/mol. The summed E-state index contributed by atoms with van der Waals surface area (Å²) in [6.07, 6.45) is 0. The maximum absolute atomic E-state index is 13.3. The van der Waals surface area contributed by atoms with Crippen molar-refractivity contribution in [2.75, 3.05) is 23.8 Å². The molecule has 4 rings (SSSR count). The molecule has 0 saturated carbocycles. The van der Waals surface area contributed by atoms with Crippen LogP contribution in [0, 0.1) is 6.92 Å². The number of aromatic nitrogens is 1. The molecule has 168 valence electrons. The minimum Gasteiger partial charge on any atom is -0.495 e. The van der Waals surface area contributed by atoms with Crippen molar-refractivity contribution in [2.45, 2.75) is 11.8 Å². The van der Waals surface area contributed by atoms with Gasteiger partial charge in [-0.05, 0) is 55.0 Å². The summed E-state index contributed by atoms with van der Waals surface area (Å²) in [6.45, 7) is 1.75. The molecule has 1 amide bonds. The van der Waals surface area contributed by atoms with Crippen LogP contribution in [0.3, 0.4) is 0 Å². The highest BCUT2D eigenvalue weighted by Gasteiger charge is 2.25. The number of hydrogen-bond donors (Lipinski definition) is 1. The fraction of sp³-hybridized carbons (Fsp3) is 0.120. The first-order valence-electron chi connectivity index (χ1n) is 10.2. The third kappa shape index (κ3) is 4.38. The number of carbonyl (C=O) groups excluding carboxylic acids is 1. The standard InChI is InChI=1S/C25H23N3O4S/c1-17-12-14-19(33(30,31)28(2)22-10-6-7-11-23(22)32-3)16-20(17)25(29)27-24-15-13-18-8-4-5-9-21(18)26-24/h4-16H,1-3H3,(H,26,27,29). The summed E-state index contributed by atoms with van der Waals surface area (Å²) in [5, 5.41) is 3.73. The van der Waals surface area contributed by atoms with Gasteiger partial charge in [-0.2, -0.15) is 0 Å². The molecule has 1 heterocycles. The van der Waals surface area contributed by atoms with Gasteiger partial charge in [-0.15, -0.1) is 0 Å². The number of benzene rings is 3. The van der Waals surface area contributed by atoms with Crippen LogP contribution in [0.4, 0.5) is 11.5 Å². The molecule has 0 atom stereocenters. The Morgan fingerprint density at radius 1 is 0.970 bits per heavy atom. The number of nitrogens with one attached hydrogen (secondary N) is 1. The molecule has 0 bridgehead atoms. The van der Waals surface area contributed by atoms with Crippen molar-refractivity contribution >= 4 is 38.3 Å². The number of fused-ring (bicyclic) bond motifs is 1. The molecule has 0 aliphatic rings. The molecule has 4 aromatic rings. The first kappa shape index (κ1) is 22.3. The van der Waals surface area contributed by atoms with E-state index in [-0.39, 0.29) is 10.5 Å². The largest absolute Gasteiger partial charge is 0.495 e. The molecule has 33 heavy (non-hydrogen) atoms. The van der Waals surface area contributed by atoms with E-state index in [9.17, 15) is 13.2 Å². The minimum absolute atomic E-state index is 0.00173. The first-order chi connectivity index (χ1) is 15.8. The number of para-hydroxylation sites is 3. The molecule has 1 N–H and O–H groups in total. The highest BCUT2D eigenvalue weighted by atomic mass is 32.2. The van der Waals surface area contributed by atoms with Gasteiger partial charge in [-0.1, -0.05) is 36.4 Å².